The molecule has 0 aliphatic heterocycles. The van der Waals surface area contributed by atoms with Crippen LogP contribution in [0.4, 0.5) is 0 Å². The molecule has 0 saturated carbocycles. The number of unbranched alkanes of at least 4 members (excludes halogenated alkanes) is 40. The van der Waals surface area contributed by atoms with Gasteiger partial charge >= 0.3 is 17.9 Å². The van der Waals surface area contributed by atoms with Crippen LogP contribution in [0.25, 0.3) is 0 Å². The molecule has 0 bridgehead atoms. The molecule has 6 nitrogen and oxygen atoms in total. The van der Waals surface area contributed by atoms with Gasteiger partial charge in [-0.15, -0.1) is 0 Å². The lowest BCUT2D eigenvalue weighted by atomic mass is 10.0. The third kappa shape index (κ3) is 54.7. The molecule has 394 valence electrons. The van der Waals surface area contributed by atoms with Crippen molar-refractivity contribution in [2.75, 3.05) is 13.2 Å². The third-order valence-corrected chi connectivity index (χ3v) is 13.4. The number of hydrogen-bond acceptors (Lipinski definition) is 6. The molecule has 0 spiro atoms. The zero-order valence-corrected chi connectivity index (χ0v) is 45.2. The van der Waals surface area contributed by atoms with Gasteiger partial charge < -0.3 is 14.2 Å². The molecule has 0 aromatic carbocycles. The largest absolute Gasteiger partial charge is 0.462 e. The van der Waals surface area contributed by atoms with E-state index < -0.39 is 6.10 Å². The molecule has 1 atom stereocenters. The third-order valence-electron chi connectivity index (χ3n) is 13.4. The van der Waals surface area contributed by atoms with Crippen molar-refractivity contribution in [3.63, 3.8) is 0 Å². The molecular weight excluding hydrogens is 829 g/mol. The average Bonchev–Trinajstić information content (AvgIpc) is 3.33. The molecule has 0 heterocycles. The summed E-state index contributed by atoms with van der Waals surface area (Å²) >= 11 is 0. The normalized spacial score (nSPS) is 12.1. The van der Waals surface area contributed by atoms with Crippen molar-refractivity contribution in [3.05, 3.63) is 24.3 Å². The summed E-state index contributed by atoms with van der Waals surface area (Å²) in [6.45, 7) is 6.67. The van der Waals surface area contributed by atoms with Crippen LogP contribution in [0.5, 0.6) is 0 Å². The fourth-order valence-corrected chi connectivity index (χ4v) is 8.91. The quantitative estimate of drug-likeness (QED) is 0.0262. The van der Waals surface area contributed by atoms with Crippen LogP contribution in [-0.4, -0.2) is 37.2 Å². The Morgan fingerprint density at radius 2 is 0.493 bits per heavy atom. The van der Waals surface area contributed by atoms with Gasteiger partial charge in [-0.1, -0.05) is 263 Å². The zero-order chi connectivity index (χ0) is 48.6. The average molecular weight is 944 g/mol. The molecule has 0 amide bonds. The maximum atomic E-state index is 12.9. The summed E-state index contributed by atoms with van der Waals surface area (Å²) < 4.78 is 16.9. The summed E-state index contributed by atoms with van der Waals surface area (Å²) in [6.07, 6.45) is 65.9. The molecule has 6 heteroatoms. The summed E-state index contributed by atoms with van der Waals surface area (Å²) in [7, 11) is 0. The van der Waals surface area contributed by atoms with Crippen molar-refractivity contribution < 1.29 is 28.6 Å². The van der Waals surface area contributed by atoms with Crippen molar-refractivity contribution in [2.45, 2.75) is 335 Å². The first-order valence-electron chi connectivity index (χ1n) is 29.8. The van der Waals surface area contributed by atoms with Crippen LogP contribution in [-0.2, 0) is 28.6 Å². The lowest BCUT2D eigenvalue weighted by Crippen LogP contribution is -2.30. The van der Waals surface area contributed by atoms with Gasteiger partial charge in [-0.25, -0.2) is 0 Å². The second kappa shape index (κ2) is 56.5. The molecular formula is C61H114O6. The molecule has 0 aliphatic carbocycles. The molecule has 0 N–H and O–H groups in total. The van der Waals surface area contributed by atoms with E-state index in [-0.39, 0.29) is 31.1 Å². The Balaban J connectivity index is 4.34. The van der Waals surface area contributed by atoms with Gasteiger partial charge in [0.05, 0.1) is 0 Å². The minimum atomic E-state index is -0.774. The molecule has 0 fully saturated rings. The van der Waals surface area contributed by atoms with Gasteiger partial charge in [0.25, 0.3) is 0 Å². The van der Waals surface area contributed by atoms with Crippen LogP contribution in [0, 0.1) is 0 Å². The first kappa shape index (κ1) is 64.9. The van der Waals surface area contributed by atoms with Crippen molar-refractivity contribution in [1.29, 1.82) is 0 Å². The minimum absolute atomic E-state index is 0.0713. The van der Waals surface area contributed by atoms with Gasteiger partial charge in [-0.05, 0) is 70.6 Å². The lowest BCUT2D eigenvalue weighted by molar-refractivity contribution is -0.167. The van der Waals surface area contributed by atoms with Crippen molar-refractivity contribution >= 4 is 17.9 Å². The highest BCUT2D eigenvalue weighted by atomic mass is 16.6. The van der Waals surface area contributed by atoms with Crippen LogP contribution < -0.4 is 0 Å². The van der Waals surface area contributed by atoms with Crippen LogP contribution in [0.2, 0.25) is 0 Å². The number of rotatable bonds is 55. The predicted molar refractivity (Wildman–Crippen MR) is 289 cm³/mol. The number of carbonyl (C=O) groups excluding carboxylic acids is 3. The highest BCUT2D eigenvalue weighted by Gasteiger charge is 2.19. The van der Waals surface area contributed by atoms with Crippen LogP contribution in [0.1, 0.15) is 329 Å². The summed E-state index contributed by atoms with van der Waals surface area (Å²) in [5.74, 6) is -0.862. The summed E-state index contributed by atoms with van der Waals surface area (Å²) in [6, 6.07) is 0. The molecule has 0 unspecified atom stereocenters. The fraction of sp³-hybridized carbons (Fsp3) is 0.885. The van der Waals surface area contributed by atoms with Crippen molar-refractivity contribution in [3.8, 4) is 0 Å². The number of hydrogen-bond donors (Lipinski definition) is 0. The summed E-state index contributed by atoms with van der Waals surface area (Å²) in [4.78, 5) is 38.2. The van der Waals surface area contributed by atoms with E-state index >= 15 is 0 Å². The van der Waals surface area contributed by atoms with E-state index in [1.54, 1.807) is 0 Å². The second-order valence-electron chi connectivity index (χ2n) is 20.3. The molecule has 67 heavy (non-hydrogen) atoms. The van der Waals surface area contributed by atoms with Crippen molar-refractivity contribution in [1.82, 2.24) is 0 Å². The minimum Gasteiger partial charge on any atom is -0.462 e. The SMILES string of the molecule is CCCCCCCC/C=C\CCCCCCCCCC(=O)OC[C@H](COC(=O)CCCCCCCCCCCCCCCCCCC)OC(=O)CCCCCCC/C=C\CCCCCCCC. The van der Waals surface area contributed by atoms with Gasteiger partial charge in [-0.3, -0.25) is 14.4 Å². The van der Waals surface area contributed by atoms with E-state index in [1.807, 2.05) is 0 Å². The van der Waals surface area contributed by atoms with Gasteiger partial charge in [0.15, 0.2) is 6.10 Å². The Kier molecular flexibility index (Phi) is 54.7. The van der Waals surface area contributed by atoms with E-state index in [1.165, 1.54) is 225 Å². The molecule has 0 radical (unpaired) electrons. The van der Waals surface area contributed by atoms with E-state index in [2.05, 4.69) is 45.1 Å². The van der Waals surface area contributed by atoms with E-state index in [0.29, 0.717) is 19.3 Å². The monoisotopic (exact) mass is 943 g/mol. The highest BCUT2D eigenvalue weighted by molar-refractivity contribution is 5.71. The molecule has 0 aliphatic rings. The maximum Gasteiger partial charge on any atom is 0.306 e. The molecule has 0 aromatic heterocycles. The van der Waals surface area contributed by atoms with Crippen LogP contribution in [0.3, 0.4) is 0 Å². The molecule has 0 aromatic rings. The Hall–Kier alpha value is -2.11. The summed E-state index contributed by atoms with van der Waals surface area (Å²) in [5.41, 5.74) is 0. The second-order valence-corrected chi connectivity index (χ2v) is 20.3. The van der Waals surface area contributed by atoms with Gasteiger partial charge in [0.1, 0.15) is 13.2 Å². The van der Waals surface area contributed by atoms with E-state index in [4.69, 9.17) is 14.2 Å². The van der Waals surface area contributed by atoms with Crippen molar-refractivity contribution in [2.24, 2.45) is 0 Å². The topological polar surface area (TPSA) is 78.9 Å². The predicted octanol–water partition coefficient (Wildman–Crippen LogP) is 19.9. The van der Waals surface area contributed by atoms with Gasteiger partial charge in [0.2, 0.25) is 0 Å². The number of ether oxygens (including phenoxy) is 3. The van der Waals surface area contributed by atoms with Gasteiger partial charge in [-0.2, -0.15) is 0 Å². The molecule has 0 rings (SSSR count). The number of esters is 3. The Labute approximate surface area is 417 Å². The maximum absolute atomic E-state index is 12.9. The zero-order valence-electron chi connectivity index (χ0n) is 45.2. The Morgan fingerprint density at radius 3 is 0.746 bits per heavy atom. The van der Waals surface area contributed by atoms with Gasteiger partial charge in [0, 0.05) is 19.3 Å². The standard InChI is InChI=1S/C61H114O6/c1-4-7-10-13-16-19-22-25-28-30-33-35-38-41-44-47-50-53-59(62)65-56-58(67-61(64)55-52-49-46-43-40-37-32-27-24-21-18-15-12-9-6-3)57-66-60(63)54-51-48-45-42-39-36-34-31-29-26-23-20-17-14-11-8-5-2/h25,27-28,32,58H,4-24,26,29-31,33-57H2,1-3H3/b28-25-,32-27-/t58-/m1/s1. The van der Waals surface area contributed by atoms with E-state index in [0.717, 1.165) is 64.2 Å². The smallest absolute Gasteiger partial charge is 0.306 e. The number of allylic oxidation sites excluding steroid dienone is 4. The fourth-order valence-electron chi connectivity index (χ4n) is 8.91. The Morgan fingerprint density at radius 1 is 0.284 bits per heavy atom. The number of carbonyl (C=O) groups is 3. The lowest BCUT2D eigenvalue weighted by Gasteiger charge is -2.18. The van der Waals surface area contributed by atoms with Crippen LogP contribution >= 0.6 is 0 Å². The first-order valence-corrected chi connectivity index (χ1v) is 29.8. The van der Waals surface area contributed by atoms with E-state index in [9.17, 15) is 14.4 Å². The first-order chi connectivity index (χ1) is 33.0. The molecule has 0 saturated heterocycles. The van der Waals surface area contributed by atoms with Crippen LogP contribution in [0.15, 0.2) is 24.3 Å². The summed E-state index contributed by atoms with van der Waals surface area (Å²) in [5, 5.41) is 0. The Bertz CT molecular complexity index is 1080. The highest BCUT2D eigenvalue weighted by Crippen LogP contribution is 2.17.